The first kappa shape index (κ1) is 24.7. The third kappa shape index (κ3) is 6.99. The first-order valence-corrected chi connectivity index (χ1v) is 11.3. The van der Waals surface area contributed by atoms with Crippen LogP contribution in [-0.2, 0) is 22.6 Å². The van der Waals surface area contributed by atoms with Gasteiger partial charge in [0.1, 0.15) is 17.5 Å². The molecule has 0 radical (unpaired) electrons. The van der Waals surface area contributed by atoms with Crippen LogP contribution in [-0.4, -0.2) is 43.0 Å². The highest BCUT2D eigenvalue weighted by molar-refractivity contribution is 9.10. The van der Waals surface area contributed by atoms with Crippen molar-refractivity contribution in [2.45, 2.75) is 46.2 Å². The number of carbonyl (C=O) groups excluding carboxylic acids is 2. The van der Waals surface area contributed by atoms with Gasteiger partial charge in [0.15, 0.2) is 6.61 Å². The van der Waals surface area contributed by atoms with Crippen molar-refractivity contribution >= 4 is 27.7 Å². The highest BCUT2D eigenvalue weighted by atomic mass is 79.9. The zero-order valence-electron chi connectivity index (χ0n) is 18.6. The number of likely N-dealkylation sites (N-methyl/N-ethyl adjacent to an activating group) is 1. The van der Waals surface area contributed by atoms with Gasteiger partial charge < -0.3 is 19.7 Å². The number of rotatable bonds is 11. The number of halogens is 1. The fourth-order valence-corrected chi connectivity index (χ4v) is 3.78. The van der Waals surface area contributed by atoms with E-state index in [0.29, 0.717) is 25.3 Å². The maximum absolute atomic E-state index is 13.2. The van der Waals surface area contributed by atoms with Crippen molar-refractivity contribution in [3.05, 3.63) is 58.1 Å². The number of hydrogen-bond acceptors (Lipinski definition) is 4. The lowest BCUT2D eigenvalue weighted by Gasteiger charge is -2.30. The van der Waals surface area contributed by atoms with Crippen LogP contribution in [0.4, 0.5) is 0 Å². The van der Waals surface area contributed by atoms with Gasteiger partial charge in [-0.15, -0.1) is 0 Å². The molecule has 2 rings (SSSR count). The highest BCUT2D eigenvalue weighted by Gasteiger charge is 2.28. The lowest BCUT2D eigenvalue weighted by molar-refractivity contribution is -0.142. The summed E-state index contributed by atoms with van der Waals surface area (Å²) in [6, 6.07) is 12.7. The van der Waals surface area contributed by atoms with E-state index in [-0.39, 0.29) is 18.4 Å². The molecule has 0 aromatic heterocycles. The summed E-state index contributed by atoms with van der Waals surface area (Å²) in [7, 11) is 1.61. The molecule has 0 bridgehead atoms. The van der Waals surface area contributed by atoms with Crippen LogP contribution in [0.3, 0.4) is 0 Å². The van der Waals surface area contributed by atoms with Crippen molar-refractivity contribution < 1.29 is 19.1 Å². The lowest BCUT2D eigenvalue weighted by Crippen LogP contribution is -2.50. The zero-order chi connectivity index (χ0) is 22.8. The van der Waals surface area contributed by atoms with Crippen molar-refractivity contribution in [1.29, 1.82) is 0 Å². The Hall–Kier alpha value is -2.54. The predicted octanol–water partition coefficient (Wildman–Crippen LogP) is 4.34. The number of ether oxygens (including phenoxy) is 2. The van der Waals surface area contributed by atoms with E-state index in [1.54, 1.807) is 12.0 Å². The van der Waals surface area contributed by atoms with Crippen LogP contribution in [0.5, 0.6) is 11.5 Å². The Labute approximate surface area is 193 Å². The van der Waals surface area contributed by atoms with E-state index in [1.807, 2.05) is 56.3 Å². The molecule has 0 unspecified atom stereocenters. The normalized spacial score (nSPS) is 11.5. The fourth-order valence-electron chi connectivity index (χ4n) is 3.24. The van der Waals surface area contributed by atoms with Gasteiger partial charge in [-0.2, -0.15) is 0 Å². The monoisotopic (exact) mass is 490 g/mol. The molecule has 0 aliphatic rings. The maximum Gasteiger partial charge on any atom is 0.261 e. The molecule has 0 saturated carbocycles. The molecular weight excluding hydrogens is 460 g/mol. The Morgan fingerprint density at radius 1 is 1.06 bits per heavy atom. The number of amides is 2. The molecule has 2 amide bonds. The molecule has 6 nitrogen and oxygen atoms in total. The molecule has 1 atom stereocenters. The molecule has 0 aliphatic carbocycles. The minimum atomic E-state index is -0.580. The summed E-state index contributed by atoms with van der Waals surface area (Å²) in [6.07, 6.45) is 1.42. The second kappa shape index (κ2) is 12.3. The van der Waals surface area contributed by atoms with Gasteiger partial charge in [-0.25, -0.2) is 0 Å². The van der Waals surface area contributed by atoms with Crippen molar-refractivity contribution in [1.82, 2.24) is 10.2 Å². The van der Waals surface area contributed by atoms with E-state index >= 15 is 0 Å². The molecule has 0 fully saturated rings. The van der Waals surface area contributed by atoms with E-state index in [9.17, 15) is 9.59 Å². The van der Waals surface area contributed by atoms with Gasteiger partial charge in [-0.3, -0.25) is 9.59 Å². The summed E-state index contributed by atoms with van der Waals surface area (Å²) in [6.45, 7) is 6.49. The predicted molar refractivity (Wildman–Crippen MR) is 125 cm³/mol. The van der Waals surface area contributed by atoms with Crippen LogP contribution in [0.15, 0.2) is 46.9 Å². The van der Waals surface area contributed by atoms with E-state index in [2.05, 4.69) is 28.2 Å². The van der Waals surface area contributed by atoms with Crippen LogP contribution in [0.1, 0.15) is 38.3 Å². The summed E-state index contributed by atoms with van der Waals surface area (Å²) >= 11 is 3.50. The minimum absolute atomic E-state index is 0.157. The van der Waals surface area contributed by atoms with Gasteiger partial charge in [0, 0.05) is 13.1 Å². The molecule has 0 saturated heterocycles. The van der Waals surface area contributed by atoms with Crippen LogP contribution < -0.4 is 14.8 Å². The molecule has 1 N–H and O–H groups in total. The molecular formula is C24H31BrN2O4. The van der Waals surface area contributed by atoms with Crippen molar-refractivity contribution in [3.63, 3.8) is 0 Å². The number of nitrogens with one attached hydrogen (secondary N) is 1. The smallest absolute Gasteiger partial charge is 0.261 e. The van der Waals surface area contributed by atoms with Gasteiger partial charge in [0.05, 0.1) is 11.6 Å². The topological polar surface area (TPSA) is 67.9 Å². The van der Waals surface area contributed by atoms with Crippen molar-refractivity contribution in [2.24, 2.45) is 0 Å². The van der Waals surface area contributed by atoms with Gasteiger partial charge in [-0.1, -0.05) is 32.0 Å². The standard InChI is InChI=1S/C24H31BrN2O4/c1-5-17-10-13-22(20(25)14-17)31-16-23(28)27(21(6-2)24(29)26-7-3)15-18-8-11-19(30-4)12-9-18/h8-14,21H,5-7,15-16H2,1-4H3,(H,26,29)/t21-/m1/s1. The van der Waals surface area contributed by atoms with E-state index in [0.717, 1.165) is 22.2 Å². The van der Waals surface area contributed by atoms with Crippen LogP contribution in [0.2, 0.25) is 0 Å². The summed E-state index contributed by atoms with van der Waals surface area (Å²) in [5.74, 6) is 0.919. The Balaban J connectivity index is 2.20. The Kier molecular flexibility index (Phi) is 9.85. The third-order valence-electron chi connectivity index (χ3n) is 5.00. The SMILES string of the molecule is CCNC(=O)[C@@H](CC)N(Cc1ccc(OC)cc1)C(=O)COc1ccc(CC)cc1Br. The Bertz CT molecular complexity index is 870. The first-order valence-electron chi connectivity index (χ1n) is 10.5. The number of carbonyl (C=O) groups is 2. The summed E-state index contributed by atoms with van der Waals surface area (Å²) < 4.78 is 11.8. The summed E-state index contributed by atoms with van der Waals surface area (Å²) in [5, 5.41) is 2.83. The first-order chi connectivity index (χ1) is 14.9. The number of hydrogen-bond donors (Lipinski definition) is 1. The van der Waals surface area contributed by atoms with Crippen LogP contribution in [0.25, 0.3) is 0 Å². The molecule has 0 aliphatic heterocycles. The van der Waals surface area contributed by atoms with Gasteiger partial charge in [0.2, 0.25) is 5.91 Å². The largest absolute Gasteiger partial charge is 0.497 e. The molecule has 168 valence electrons. The average molecular weight is 491 g/mol. The number of benzene rings is 2. The van der Waals surface area contributed by atoms with E-state index in [4.69, 9.17) is 9.47 Å². The number of methoxy groups -OCH3 is 1. The Morgan fingerprint density at radius 2 is 1.74 bits per heavy atom. The van der Waals surface area contributed by atoms with E-state index < -0.39 is 6.04 Å². The van der Waals surface area contributed by atoms with Gasteiger partial charge in [0.25, 0.3) is 5.91 Å². The molecule has 7 heteroatoms. The van der Waals surface area contributed by atoms with Gasteiger partial charge in [-0.05, 0) is 71.1 Å². The maximum atomic E-state index is 13.2. The third-order valence-corrected chi connectivity index (χ3v) is 5.62. The van der Waals surface area contributed by atoms with Crippen LogP contribution >= 0.6 is 15.9 Å². The second-order valence-electron chi connectivity index (χ2n) is 7.10. The van der Waals surface area contributed by atoms with Gasteiger partial charge >= 0.3 is 0 Å². The van der Waals surface area contributed by atoms with E-state index in [1.165, 1.54) is 5.56 Å². The fraction of sp³-hybridized carbons (Fsp3) is 0.417. The highest BCUT2D eigenvalue weighted by Crippen LogP contribution is 2.26. The second-order valence-corrected chi connectivity index (χ2v) is 7.95. The molecule has 31 heavy (non-hydrogen) atoms. The lowest BCUT2D eigenvalue weighted by atomic mass is 10.1. The van der Waals surface area contributed by atoms with Crippen molar-refractivity contribution in [3.8, 4) is 11.5 Å². The number of nitrogens with zero attached hydrogens (tertiary/aromatic N) is 1. The number of aryl methyl sites for hydroxylation is 1. The average Bonchev–Trinajstić information content (AvgIpc) is 2.78. The molecule has 0 heterocycles. The molecule has 2 aromatic rings. The quantitative estimate of drug-likeness (QED) is 0.508. The zero-order valence-corrected chi connectivity index (χ0v) is 20.2. The van der Waals surface area contributed by atoms with Crippen LogP contribution in [0, 0.1) is 0 Å². The molecule has 0 spiro atoms. The molecule has 2 aromatic carbocycles. The van der Waals surface area contributed by atoms with Crippen molar-refractivity contribution in [2.75, 3.05) is 20.3 Å². The minimum Gasteiger partial charge on any atom is -0.497 e. The summed E-state index contributed by atoms with van der Waals surface area (Å²) in [5.41, 5.74) is 2.08. The summed E-state index contributed by atoms with van der Waals surface area (Å²) in [4.78, 5) is 27.4. The Morgan fingerprint density at radius 3 is 2.29 bits per heavy atom.